The Bertz CT molecular complexity index is 464. The first kappa shape index (κ1) is 16.5. The zero-order chi connectivity index (χ0) is 15.3. The van der Waals surface area contributed by atoms with Gasteiger partial charge in [-0.05, 0) is 44.9 Å². The summed E-state index contributed by atoms with van der Waals surface area (Å²) in [4.78, 5) is 14.0. The van der Waals surface area contributed by atoms with Gasteiger partial charge in [0.1, 0.15) is 0 Å². The van der Waals surface area contributed by atoms with Crippen LogP contribution in [-0.4, -0.2) is 41.7 Å². The molecule has 0 aliphatic rings. The second kappa shape index (κ2) is 6.75. The zero-order valence-electron chi connectivity index (χ0n) is 13.2. The van der Waals surface area contributed by atoms with E-state index >= 15 is 0 Å². The fourth-order valence-electron chi connectivity index (χ4n) is 2.11. The molecular formula is C16H26N2O2. The van der Waals surface area contributed by atoms with Crippen LogP contribution in [0.1, 0.15) is 43.1 Å². The first-order valence-electron chi connectivity index (χ1n) is 7.07. The monoisotopic (exact) mass is 278 g/mol. The number of nitrogens with zero attached hydrogens (tertiary/aromatic N) is 1. The standard InChI is InChI=1S/C16H26N2O2/c1-6-9-17-14-10-12(2)7-8-13(14)15(19)18(5)11-16(3,4)20/h7-8,10,17,20H,6,9,11H2,1-5H3. The molecule has 0 spiro atoms. The van der Waals surface area contributed by atoms with Crippen molar-refractivity contribution in [1.29, 1.82) is 0 Å². The largest absolute Gasteiger partial charge is 0.389 e. The van der Waals surface area contributed by atoms with E-state index < -0.39 is 5.60 Å². The number of carbonyl (C=O) groups is 1. The Morgan fingerprint density at radius 2 is 2.05 bits per heavy atom. The Kier molecular flexibility index (Phi) is 5.57. The normalized spacial score (nSPS) is 11.3. The van der Waals surface area contributed by atoms with Crippen LogP contribution in [0.15, 0.2) is 18.2 Å². The van der Waals surface area contributed by atoms with Crippen molar-refractivity contribution >= 4 is 11.6 Å². The van der Waals surface area contributed by atoms with Gasteiger partial charge in [-0.25, -0.2) is 0 Å². The smallest absolute Gasteiger partial charge is 0.255 e. The number of amides is 1. The molecule has 1 rings (SSSR count). The lowest BCUT2D eigenvalue weighted by molar-refractivity contribution is 0.0368. The number of carbonyl (C=O) groups excluding carboxylic acids is 1. The third kappa shape index (κ3) is 4.85. The quantitative estimate of drug-likeness (QED) is 0.841. The maximum absolute atomic E-state index is 12.5. The van der Waals surface area contributed by atoms with Crippen LogP contribution in [0.2, 0.25) is 0 Å². The van der Waals surface area contributed by atoms with Gasteiger partial charge < -0.3 is 15.3 Å². The molecule has 2 N–H and O–H groups in total. The predicted octanol–water partition coefficient (Wildman–Crippen LogP) is 2.66. The van der Waals surface area contributed by atoms with Crippen molar-refractivity contribution in [2.24, 2.45) is 0 Å². The summed E-state index contributed by atoms with van der Waals surface area (Å²) in [6.45, 7) is 8.62. The maximum atomic E-state index is 12.5. The molecule has 20 heavy (non-hydrogen) atoms. The molecule has 0 bridgehead atoms. The van der Waals surface area contributed by atoms with E-state index in [1.165, 1.54) is 0 Å². The Hall–Kier alpha value is -1.55. The molecule has 4 nitrogen and oxygen atoms in total. The van der Waals surface area contributed by atoms with Crippen molar-refractivity contribution in [3.63, 3.8) is 0 Å². The van der Waals surface area contributed by atoms with E-state index in [1.54, 1.807) is 25.8 Å². The lowest BCUT2D eigenvalue weighted by Crippen LogP contribution is -2.39. The highest BCUT2D eigenvalue weighted by Gasteiger charge is 2.22. The summed E-state index contributed by atoms with van der Waals surface area (Å²) < 4.78 is 0. The molecule has 1 aromatic carbocycles. The number of rotatable bonds is 6. The van der Waals surface area contributed by atoms with Crippen molar-refractivity contribution in [3.05, 3.63) is 29.3 Å². The first-order chi connectivity index (χ1) is 9.24. The predicted molar refractivity (Wildman–Crippen MR) is 83.2 cm³/mol. The van der Waals surface area contributed by atoms with Crippen LogP contribution in [-0.2, 0) is 0 Å². The number of hydrogen-bond donors (Lipinski definition) is 2. The lowest BCUT2D eigenvalue weighted by atomic mass is 10.1. The van der Waals surface area contributed by atoms with Crippen LogP contribution in [0.25, 0.3) is 0 Å². The Balaban J connectivity index is 2.96. The number of anilines is 1. The molecule has 1 aromatic rings. The molecule has 0 aromatic heterocycles. The SMILES string of the molecule is CCCNc1cc(C)ccc1C(=O)N(C)CC(C)(C)O. The van der Waals surface area contributed by atoms with Crippen molar-refractivity contribution in [2.45, 2.75) is 39.7 Å². The molecule has 0 saturated carbocycles. The van der Waals surface area contributed by atoms with Gasteiger partial charge in [-0.3, -0.25) is 4.79 Å². The summed E-state index contributed by atoms with van der Waals surface area (Å²) in [6, 6.07) is 5.76. The number of hydrogen-bond acceptors (Lipinski definition) is 3. The van der Waals surface area contributed by atoms with Gasteiger partial charge in [0.2, 0.25) is 0 Å². The fourth-order valence-corrected chi connectivity index (χ4v) is 2.11. The van der Waals surface area contributed by atoms with Crippen molar-refractivity contribution < 1.29 is 9.90 Å². The Morgan fingerprint density at radius 1 is 1.40 bits per heavy atom. The Labute approximate surface area is 121 Å². The molecular weight excluding hydrogens is 252 g/mol. The third-order valence-corrected chi connectivity index (χ3v) is 2.94. The molecule has 0 radical (unpaired) electrons. The topological polar surface area (TPSA) is 52.6 Å². The molecule has 1 amide bonds. The van der Waals surface area contributed by atoms with Crippen LogP contribution in [0.4, 0.5) is 5.69 Å². The van der Waals surface area contributed by atoms with E-state index in [9.17, 15) is 9.90 Å². The summed E-state index contributed by atoms with van der Waals surface area (Å²) >= 11 is 0. The van der Waals surface area contributed by atoms with E-state index in [-0.39, 0.29) is 5.91 Å². The molecule has 0 atom stereocenters. The van der Waals surface area contributed by atoms with Crippen LogP contribution < -0.4 is 5.32 Å². The van der Waals surface area contributed by atoms with E-state index in [0.717, 1.165) is 24.2 Å². The van der Waals surface area contributed by atoms with Gasteiger partial charge in [-0.1, -0.05) is 13.0 Å². The second-order valence-corrected chi connectivity index (χ2v) is 5.95. The molecule has 112 valence electrons. The van der Waals surface area contributed by atoms with Gasteiger partial charge in [0.15, 0.2) is 0 Å². The van der Waals surface area contributed by atoms with Crippen molar-refractivity contribution in [3.8, 4) is 0 Å². The van der Waals surface area contributed by atoms with Gasteiger partial charge >= 0.3 is 0 Å². The summed E-state index contributed by atoms with van der Waals surface area (Å²) in [7, 11) is 1.71. The van der Waals surface area contributed by atoms with Crippen LogP contribution >= 0.6 is 0 Å². The number of benzene rings is 1. The minimum absolute atomic E-state index is 0.0780. The van der Waals surface area contributed by atoms with Gasteiger partial charge in [0.05, 0.1) is 11.2 Å². The highest BCUT2D eigenvalue weighted by Crippen LogP contribution is 2.20. The lowest BCUT2D eigenvalue weighted by Gasteiger charge is -2.26. The Morgan fingerprint density at radius 3 is 2.60 bits per heavy atom. The average Bonchev–Trinajstić information content (AvgIpc) is 2.33. The summed E-state index contributed by atoms with van der Waals surface area (Å²) in [5.74, 6) is -0.0780. The highest BCUT2D eigenvalue weighted by molar-refractivity contribution is 5.99. The number of aliphatic hydroxyl groups is 1. The minimum atomic E-state index is -0.897. The zero-order valence-corrected chi connectivity index (χ0v) is 13.2. The minimum Gasteiger partial charge on any atom is -0.389 e. The molecule has 0 fully saturated rings. The van der Waals surface area contributed by atoms with Crippen molar-refractivity contribution in [2.75, 3.05) is 25.5 Å². The molecule has 0 aliphatic carbocycles. The second-order valence-electron chi connectivity index (χ2n) is 5.95. The van der Waals surface area contributed by atoms with E-state index in [4.69, 9.17) is 0 Å². The molecule has 4 heteroatoms. The number of aryl methyl sites for hydroxylation is 1. The van der Waals surface area contributed by atoms with Gasteiger partial charge in [0.25, 0.3) is 5.91 Å². The summed E-state index contributed by atoms with van der Waals surface area (Å²) in [6.07, 6.45) is 1.00. The highest BCUT2D eigenvalue weighted by atomic mass is 16.3. The summed E-state index contributed by atoms with van der Waals surface area (Å²) in [5.41, 5.74) is 1.73. The van der Waals surface area contributed by atoms with Crippen LogP contribution in [0.3, 0.4) is 0 Å². The molecule has 0 unspecified atom stereocenters. The first-order valence-corrected chi connectivity index (χ1v) is 7.07. The van der Waals surface area contributed by atoms with E-state index in [1.807, 2.05) is 25.1 Å². The maximum Gasteiger partial charge on any atom is 0.255 e. The van der Waals surface area contributed by atoms with Gasteiger partial charge in [-0.15, -0.1) is 0 Å². The third-order valence-electron chi connectivity index (χ3n) is 2.94. The van der Waals surface area contributed by atoms with Crippen LogP contribution in [0, 0.1) is 6.92 Å². The van der Waals surface area contributed by atoms with E-state index in [2.05, 4.69) is 12.2 Å². The van der Waals surface area contributed by atoms with Crippen LogP contribution in [0.5, 0.6) is 0 Å². The van der Waals surface area contributed by atoms with Crippen molar-refractivity contribution in [1.82, 2.24) is 4.90 Å². The van der Waals surface area contributed by atoms with Gasteiger partial charge in [0, 0.05) is 25.8 Å². The van der Waals surface area contributed by atoms with Gasteiger partial charge in [-0.2, -0.15) is 0 Å². The number of likely N-dealkylation sites (N-methyl/N-ethyl adjacent to an activating group) is 1. The molecule has 0 aliphatic heterocycles. The average molecular weight is 278 g/mol. The summed E-state index contributed by atoms with van der Waals surface area (Å²) in [5, 5.41) is 13.1. The molecule has 0 saturated heterocycles. The van der Waals surface area contributed by atoms with E-state index in [0.29, 0.717) is 12.1 Å². The number of nitrogens with one attached hydrogen (secondary N) is 1. The molecule has 0 heterocycles. The fraction of sp³-hybridized carbons (Fsp3) is 0.562.